The number of aromatic hydroxyl groups is 2. The second kappa shape index (κ2) is 20.0. The number of unbranched alkanes of at least 4 members (excludes halogenated alkanes) is 13. The van der Waals surface area contributed by atoms with Crippen molar-refractivity contribution in [2.75, 3.05) is 0 Å². The summed E-state index contributed by atoms with van der Waals surface area (Å²) in [4.78, 5) is 0.248. The Bertz CT molecular complexity index is 516. The van der Waals surface area contributed by atoms with Gasteiger partial charge in [0.25, 0.3) is 0 Å². The fourth-order valence-corrected chi connectivity index (χ4v) is 3.83. The Morgan fingerprint density at radius 3 is 1.72 bits per heavy atom. The molecule has 0 aromatic heterocycles. The third kappa shape index (κ3) is 14.6. The van der Waals surface area contributed by atoms with Crippen LogP contribution in [-0.2, 0) is 15.8 Å². The van der Waals surface area contributed by atoms with E-state index in [-0.39, 0.29) is 46.0 Å². The molecule has 0 heterocycles. The molecule has 5 nitrogen and oxygen atoms in total. The SMILES string of the molecule is CCCCCCCCCCCCCCCCc1cc(O)c(SOO[O-])cc1O.[Na+]. The van der Waals surface area contributed by atoms with Gasteiger partial charge >= 0.3 is 29.6 Å². The second-order valence-corrected chi connectivity index (χ2v) is 8.26. The van der Waals surface area contributed by atoms with Crippen LogP contribution >= 0.6 is 12.0 Å². The number of hydrogen-bond donors (Lipinski definition) is 2. The van der Waals surface area contributed by atoms with Gasteiger partial charge in [-0.15, -0.1) is 0 Å². The molecule has 0 radical (unpaired) electrons. The third-order valence-electron chi connectivity index (χ3n) is 5.11. The molecule has 2 N–H and O–H groups in total. The van der Waals surface area contributed by atoms with E-state index >= 15 is 0 Å². The van der Waals surface area contributed by atoms with Gasteiger partial charge < -0.3 is 15.5 Å². The molecule has 162 valence electrons. The average Bonchev–Trinajstić information content (AvgIpc) is 2.69. The minimum atomic E-state index is -0.0276. The van der Waals surface area contributed by atoms with Gasteiger partial charge in [0.05, 0.1) is 16.9 Å². The molecule has 0 bridgehead atoms. The standard InChI is InChI=1S/C22H38O5S.Na/c1-2-3-4-5-6-7-8-9-10-11-12-13-14-15-16-19-17-21(24)22(18-20(19)23)28-27-26-25;/h17-18,23-25H,2-16H2,1H3;/q;+1/p-1. The predicted molar refractivity (Wildman–Crippen MR) is 112 cm³/mol. The van der Waals surface area contributed by atoms with E-state index in [4.69, 9.17) is 0 Å². The van der Waals surface area contributed by atoms with Gasteiger partial charge in [0, 0.05) is 0 Å². The zero-order valence-corrected chi connectivity index (χ0v) is 21.1. The molecule has 0 atom stereocenters. The van der Waals surface area contributed by atoms with Crippen molar-refractivity contribution in [1.29, 1.82) is 0 Å². The first kappa shape index (κ1) is 29.1. The number of phenols is 2. The molecule has 0 saturated carbocycles. The van der Waals surface area contributed by atoms with E-state index in [1.54, 1.807) is 0 Å². The molecule has 0 unspecified atom stereocenters. The smallest absolute Gasteiger partial charge is 0.691 e. The summed E-state index contributed by atoms with van der Waals surface area (Å²) >= 11 is 0.574. The van der Waals surface area contributed by atoms with Crippen molar-refractivity contribution in [3.8, 4) is 11.5 Å². The van der Waals surface area contributed by atoms with Crippen LogP contribution in [0.15, 0.2) is 17.0 Å². The summed E-state index contributed by atoms with van der Waals surface area (Å²) in [5.74, 6) is 0.0738. The van der Waals surface area contributed by atoms with Crippen LogP contribution in [-0.4, -0.2) is 10.2 Å². The number of benzene rings is 1. The number of rotatable bonds is 18. The Labute approximate surface area is 202 Å². The Morgan fingerprint density at radius 1 is 0.759 bits per heavy atom. The fourth-order valence-electron chi connectivity index (χ4n) is 3.43. The van der Waals surface area contributed by atoms with Gasteiger partial charge in [-0.1, -0.05) is 90.4 Å². The maximum absolute atomic E-state index is 10.0. The van der Waals surface area contributed by atoms with Crippen LogP contribution in [0.25, 0.3) is 0 Å². The van der Waals surface area contributed by atoms with Crippen LogP contribution in [0.4, 0.5) is 0 Å². The monoisotopic (exact) mass is 436 g/mol. The third-order valence-corrected chi connectivity index (χ3v) is 5.74. The molecule has 0 amide bonds. The van der Waals surface area contributed by atoms with Crippen molar-refractivity contribution in [3.05, 3.63) is 17.7 Å². The normalized spacial score (nSPS) is 10.8. The van der Waals surface area contributed by atoms with Gasteiger partial charge in [-0.2, -0.15) is 4.33 Å². The number of hydrogen-bond acceptors (Lipinski definition) is 6. The molecule has 1 aromatic rings. The van der Waals surface area contributed by atoms with E-state index in [0.29, 0.717) is 17.6 Å². The predicted octanol–water partition coefficient (Wildman–Crippen LogP) is 3.36. The Hall–Kier alpha value is 0.0500. The zero-order valence-electron chi connectivity index (χ0n) is 18.3. The Morgan fingerprint density at radius 2 is 1.24 bits per heavy atom. The molecular weight excluding hydrogens is 399 g/mol. The average molecular weight is 437 g/mol. The molecule has 0 aliphatic heterocycles. The molecule has 0 spiro atoms. The van der Waals surface area contributed by atoms with Crippen LogP contribution in [0.2, 0.25) is 0 Å². The van der Waals surface area contributed by atoms with Gasteiger partial charge in [-0.25, -0.2) is 0 Å². The van der Waals surface area contributed by atoms with E-state index in [2.05, 4.69) is 16.3 Å². The molecule has 29 heavy (non-hydrogen) atoms. The Balaban J connectivity index is 0.00000784. The second-order valence-electron chi connectivity index (χ2n) is 7.51. The summed E-state index contributed by atoms with van der Waals surface area (Å²) in [6, 6.07) is 2.91. The summed E-state index contributed by atoms with van der Waals surface area (Å²) in [7, 11) is 0. The maximum atomic E-state index is 10.0. The van der Waals surface area contributed by atoms with Gasteiger partial charge in [-0.05, 0) is 30.5 Å². The minimum Gasteiger partial charge on any atom is -0.691 e. The number of aryl methyl sites for hydroxylation is 1. The minimum absolute atomic E-state index is 0. The van der Waals surface area contributed by atoms with Crippen molar-refractivity contribution in [1.82, 2.24) is 0 Å². The van der Waals surface area contributed by atoms with E-state index in [1.165, 1.54) is 89.2 Å². The first-order chi connectivity index (χ1) is 13.7. The molecular formula is C22H37NaO5S. The molecule has 0 saturated heterocycles. The van der Waals surface area contributed by atoms with E-state index < -0.39 is 0 Å². The van der Waals surface area contributed by atoms with Crippen molar-refractivity contribution in [3.63, 3.8) is 0 Å². The largest absolute Gasteiger partial charge is 1.00 e. The molecule has 1 rings (SSSR count). The Kier molecular flexibility index (Phi) is 20.0. The van der Waals surface area contributed by atoms with E-state index in [0.717, 1.165) is 19.3 Å². The summed E-state index contributed by atoms with van der Waals surface area (Å²) in [6.45, 7) is 2.26. The van der Waals surface area contributed by atoms with Gasteiger partial charge in [0.1, 0.15) is 11.5 Å². The van der Waals surface area contributed by atoms with Crippen molar-refractivity contribution in [2.24, 2.45) is 0 Å². The summed E-state index contributed by atoms with van der Waals surface area (Å²) < 4.78 is 4.17. The number of phenolic OH excluding ortho intramolecular Hbond substituents is 2. The summed E-state index contributed by atoms with van der Waals surface area (Å²) in [6.07, 6.45) is 19.1. The molecule has 1 aromatic carbocycles. The van der Waals surface area contributed by atoms with Crippen molar-refractivity contribution < 1.29 is 54.4 Å². The van der Waals surface area contributed by atoms with Crippen LogP contribution in [0, 0.1) is 0 Å². The van der Waals surface area contributed by atoms with Crippen molar-refractivity contribution >= 4 is 12.0 Å². The topological polar surface area (TPSA) is 82.0 Å². The zero-order chi connectivity index (χ0) is 20.5. The first-order valence-corrected chi connectivity index (χ1v) is 11.6. The van der Waals surface area contributed by atoms with Crippen LogP contribution in [0.1, 0.15) is 102 Å². The fraction of sp³-hybridized carbons (Fsp3) is 0.727. The van der Waals surface area contributed by atoms with Gasteiger partial charge in [-0.3, -0.25) is 5.04 Å². The van der Waals surface area contributed by atoms with E-state index in [1.807, 2.05) is 0 Å². The molecule has 0 aliphatic carbocycles. The van der Waals surface area contributed by atoms with Gasteiger partial charge in [0.15, 0.2) is 0 Å². The quantitative estimate of drug-likeness (QED) is 0.0917. The maximum Gasteiger partial charge on any atom is 1.00 e. The summed E-state index contributed by atoms with van der Waals surface area (Å²) in [5, 5.41) is 33.0. The molecule has 7 heteroatoms. The van der Waals surface area contributed by atoms with Crippen LogP contribution in [0.3, 0.4) is 0 Å². The first-order valence-electron chi connectivity index (χ1n) is 10.9. The summed E-state index contributed by atoms with van der Waals surface area (Å²) in [5.41, 5.74) is 0.712. The van der Waals surface area contributed by atoms with Crippen molar-refractivity contribution in [2.45, 2.75) is 108 Å². The van der Waals surface area contributed by atoms with Crippen LogP contribution < -0.4 is 34.8 Å². The van der Waals surface area contributed by atoms with E-state index in [9.17, 15) is 15.5 Å². The van der Waals surface area contributed by atoms with Gasteiger partial charge in [0.2, 0.25) is 0 Å². The van der Waals surface area contributed by atoms with Crippen LogP contribution in [0.5, 0.6) is 11.5 Å². The molecule has 0 aliphatic rings. The molecule has 0 fully saturated rings.